The number of methoxy groups -OCH3 is 2. The zero-order chi connectivity index (χ0) is 27.4. The summed E-state index contributed by atoms with van der Waals surface area (Å²) in [4.78, 5) is 30.3. The monoisotopic (exact) mass is 577 g/mol. The SMILES string of the molecule is COc1cc(C2C3=C(CC(C)(C)CC3=O)N(Cc3ccccc3)C3=C2C(=O)CC(C)(C)C3)cc(Br)c1OC. The second kappa shape index (κ2) is 9.71. The lowest BCUT2D eigenvalue weighted by Gasteiger charge is -2.49. The van der Waals surface area contributed by atoms with Gasteiger partial charge in [0, 0.05) is 47.8 Å². The summed E-state index contributed by atoms with van der Waals surface area (Å²) < 4.78 is 12.0. The molecule has 5 nitrogen and oxygen atoms in total. The number of hydrogen-bond donors (Lipinski definition) is 0. The van der Waals surface area contributed by atoms with Gasteiger partial charge in [-0.1, -0.05) is 58.0 Å². The Bertz CT molecular complexity index is 1320. The molecule has 1 heterocycles. The molecule has 0 spiro atoms. The fourth-order valence-corrected chi connectivity index (χ4v) is 7.06. The number of Topliss-reactive ketones (excluding diaryl/α,β-unsaturated/α-hetero) is 2. The summed E-state index contributed by atoms with van der Waals surface area (Å²) in [5.41, 5.74) is 5.31. The van der Waals surface area contributed by atoms with Crippen LogP contribution in [0.4, 0.5) is 0 Å². The first-order valence-corrected chi connectivity index (χ1v) is 14.0. The molecule has 0 fully saturated rings. The fourth-order valence-electron chi connectivity index (χ4n) is 6.44. The van der Waals surface area contributed by atoms with Crippen LogP contribution < -0.4 is 9.47 Å². The maximum Gasteiger partial charge on any atom is 0.174 e. The molecule has 3 aliphatic rings. The van der Waals surface area contributed by atoms with Gasteiger partial charge in [0.15, 0.2) is 23.1 Å². The highest BCUT2D eigenvalue weighted by atomic mass is 79.9. The van der Waals surface area contributed by atoms with Crippen molar-refractivity contribution in [2.75, 3.05) is 14.2 Å². The van der Waals surface area contributed by atoms with Gasteiger partial charge in [0.1, 0.15) is 0 Å². The molecular weight excluding hydrogens is 542 g/mol. The minimum atomic E-state index is -0.435. The highest BCUT2D eigenvalue weighted by molar-refractivity contribution is 9.10. The Labute approximate surface area is 234 Å². The van der Waals surface area contributed by atoms with Gasteiger partial charge < -0.3 is 14.4 Å². The molecule has 6 heteroatoms. The number of benzene rings is 2. The summed E-state index contributed by atoms with van der Waals surface area (Å²) >= 11 is 3.65. The molecule has 0 N–H and O–H groups in total. The molecule has 0 saturated heterocycles. The second-order valence-corrected chi connectivity index (χ2v) is 13.2. The Morgan fingerprint density at radius 2 is 1.39 bits per heavy atom. The van der Waals surface area contributed by atoms with Crippen LogP contribution in [0.15, 0.2) is 69.5 Å². The number of carbonyl (C=O) groups is 2. The lowest BCUT2D eigenvalue weighted by molar-refractivity contribution is -0.119. The Morgan fingerprint density at radius 1 is 0.842 bits per heavy atom. The zero-order valence-electron chi connectivity index (χ0n) is 23.1. The van der Waals surface area contributed by atoms with Crippen LogP contribution in [-0.4, -0.2) is 30.7 Å². The number of nitrogens with zero attached hydrogens (tertiary/aromatic N) is 1. The first kappa shape index (κ1) is 26.7. The summed E-state index contributed by atoms with van der Waals surface area (Å²) in [6.07, 6.45) is 2.46. The molecule has 0 atom stereocenters. The Balaban J connectivity index is 1.79. The maximum absolute atomic E-state index is 14.0. The third-order valence-corrected chi connectivity index (χ3v) is 8.58. The van der Waals surface area contributed by atoms with Crippen LogP contribution in [-0.2, 0) is 16.1 Å². The largest absolute Gasteiger partial charge is 0.493 e. The molecule has 0 unspecified atom stereocenters. The maximum atomic E-state index is 14.0. The third-order valence-electron chi connectivity index (χ3n) is 7.99. The molecular formula is C32H36BrNO4. The van der Waals surface area contributed by atoms with Crippen LogP contribution in [0.2, 0.25) is 0 Å². The first-order valence-electron chi connectivity index (χ1n) is 13.2. The van der Waals surface area contributed by atoms with E-state index in [0.29, 0.717) is 30.9 Å². The van der Waals surface area contributed by atoms with Gasteiger partial charge in [0.05, 0.1) is 18.7 Å². The molecule has 0 saturated carbocycles. The number of ether oxygens (including phenoxy) is 2. The van der Waals surface area contributed by atoms with Crippen LogP contribution in [0.3, 0.4) is 0 Å². The van der Waals surface area contributed by atoms with Crippen LogP contribution in [0.5, 0.6) is 11.5 Å². The number of rotatable bonds is 5. The molecule has 38 heavy (non-hydrogen) atoms. The van der Waals surface area contributed by atoms with Crippen molar-refractivity contribution in [1.29, 1.82) is 0 Å². The molecule has 0 bridgehead atoms. The van der Waals surface area contributed by atoms with E-state index in [1.54, 1.807) is 14.2 Å². The lowest BCUT2D eigenvalue weighted by atomic mass is 9.63. The van der Waals surface area contributed by atoms with Crippen LogP contribution in [0, 0.1) is 10.8 Å². The first-order chi connectivity index (χ1) is 17.9. The van der Waals surface area contributed by atoms with Gasteiger partial charge >= 0.3 is 0 Å². The highest BCUT2D eigenvalue weighted by Gasteiger charge is 2.49. The number of ketones is 2. The normalized spacial score (nSPS) is 20.9. The Morgan fingerprint density at radius 3 is 1.89 bits per heavy atom. The summed E-state index contributed by atoms with van der Waals surface area (Å²) in [5.74, 6) is 0.965. The van der Waals surface area contributed by atoms with Gasteiger partial charge in [0.2, 0.25) is 0 Å². The summed E-state index contributed by atoms with van der Waals surface area (Å²) in [5, 5.41) is 0. The van der Waals surface area contributed by atoms with E-state index in [0.717, 1.165) is 51.0 Å². The van der Waals surface area contributed by atoms with Gasteiger partial charge in [0.25, 0.3) is 0 Å². The summed E-state index contributed by atoms with van der Waals surface area (Å²) in [6.45, 7) is 9.29. The topological polar surface area (TPSA) is 55.8 Å². The Hall–Kier alpha value is -2.86. The number of halogens is 1. The predicted octanol–water partition coefficient (Wildman–Crippen LogP) is 7.35. The summed E-state index contributed by atoms with van der Waals surface area (Å²) in [7, 11) is 3.21. The van der Waals surface area contributed by atoms with Crippen molar-refractivity contribution in [3.05, 3.63) is 80.6 Å². The molecule has 0 amide bonds. The zero-order valence-corrected chi connectivity index (χ0v) is 24.7. The molecule has 2 aromatic rings. The minimum absolute atomic E-state index is 0.120. The Kier molecular flexibility index (Phi) is 6.83. The average Bonchev–Trinajstić information content (AvgIpc) is 2.83. The van der Waals surface area contributed by atoms with E-state index in [9.17, 15) is 9.59 Å². The predicted molar refractivity (Wildman–Crippen MR) is 152 cm³/mol. The van der Waals surface area contributed by atoms with Crippen LogP contribution in [0.1, 0.15) is 70.4 Å². The number of allylic oxidation sites excluding steroid dienone is 4. The van der Waals surface area contributed by atoms with E-state index in [1.807, 2.05) is 30.3 Å². The quantitative estimate of drug-likeness (QED) is 0.371. The van der Waals surface area contributed by atoms with Crippen molar-refractivity contribution >= 4 is 27.5 Å². The molecule has 2 aromatic carbocycles. The van der Waals surface area contributed by atoms with Crippen molar-refractivity contribution in [1.82, 2.24) is 4.90 Å². The van der Waals surface area contributed by atoms with Crippen LogP contribution >= 0.6 is 15.9 Å². The third kappa shape index (κ3) is 4.72. The van der Waals surface area contributed by atoms with Gasteiger partial charge in [-0.05, 0) is 62.9 Å². The molecule has 0 aromatic heterocycles. The summed E-state index contributed by atoms with van der Waals surface area (Å²) in [6, 6.07) is 14.2. The molecule has 0 radical (unpaired) electrons. The van der Waals surface area contributed by atoms with Gasteiger partial charge in [-0.25, -0.2) is 0 Å². The van der Waals surface area contributed by atoms with E-state index >= 15 is 0 Å². The van der Waals surface area contributed by atoms with Crippen molar-refractivity contribution in [2.45, 2.75) is 65.8 Å². The van der Waals surface area contributed by atoms with Crippen molar-refractivity contribution in [3.8, 4) is 11.5 Å². The van der Waals surface area contributed by atoms with Crippen molar-refractivity contribution in [3.63, 3.8) is 0 Å². The molecule has 200 valence electrons. The van der Waals surface area contributed by atoms with E-state index in [2.05, 4.69) is 60.7 Å². The van der Waals surface area contributed by atoms with E-state index < -0.39 is 5.92 Å². The average molecular weight is 579 g/mol. The van der Waals surface area contributed by atoms with E-state index in [1.165, 1.54) is 0 Å². The smallest absolute Gasteiger partial charge is 0.174 e. The molecule has 5 rings (SSSR count). The van der Waals surface area contributed by atoms with E-state index in [4.69, 9.17) is 9.47 Å². The highest BCUT2D eigenvalue weighted by Crippen LogP contribution is 2.55. The lowest BCUT2D eigenvalue weighted by Crippen LogP contribution is -2.44. The van der Waals surface area contributed by atoms with Gasteiger partial charge in [-0.15, -0.1) is 0 Å². The van der Waals surface area contributed by atoms with Crippen molar-refractivity contribution < 1.29 is 19.1 Å². The van der Waals surface area contributed by atoms with E-state index in [-0.39, 0.29) is 22.4 Å². The molecule has 1 aliphatic heterocycles. The van der Waals surface area contributed by atoms with Crippen molar-refractivity contribution in [2.24, 2.45) is 10.8 Å². The fraction of sp³-hybridized carbons (Fsp3) is 0.438. The van der Waals surface area contributed by atoms with Gasteiger partial charge in [-0.3, -0.25) is 9.59 Å². The minimum Gasteiger partial charge on any atom is -0.493 e. The molecule has 2 aliphatic carbocycles. The number of hydrogen-bond acceptors (Lipinski definition) is 5. The number of carbonyl (C=O) groups excluding carboxylic acids is 2. The second-order valence-electron chi connectivity index (χ2n) is 12.3. The van der Waals surface area contributed by atoms with Crippen LogP contribution in [0.25, 0.3) is 0 Å². The van der Waals surface area contributed by atoms with Gasteiger partial charge in [-0.2, -0.15) is 0 Å². The standard InChI is InChI=1S/C32H36BrNO4/c1-31(2)14-22-28(24(35)16-31)27(20-12-21(33)30(38-6)26(13-20)37-5)29-23(15-32(3,4)17-25(29)36)34(22)18-19-10-8-7-9-11-19/h7-13,27H,14-18H2,1-6H3.